The number of rotatable bonds is 6. The Morgan fingerprint density at radius 1 is 0.415 bits per heavy atom. The summed E-state index contributed by atoms with van der Waals surface area (Å²) in [6.07, 6.45) is 2.65. The van der Waals surface area contributed by atoms with Crippen molar-refractivity contribution in [1.82, 2.24) is 0 Å². The summed E-state index contributed by atoms with van der Waals surface area (Å²) in [5.74, 6) is -1.49. The molecule has 0 amide bonds. The molecule has 2 aliphatic heterocycles. The fourth-order valence-electron chi connectivity index (χ4n) is 12.4. The predicted octanol–water partition coefficient (Wildman–Crippen LogP) is 15.3. The molecule has 13 rings (SSSR count). The lowest BCUT2D eigenvalue weighted by molar-refractivity contribution is 0.0852. The minimum absolute atomic E-state index is 0.178. The van der Waals surface area contributed by atoms with Gasteiger partial charge in [-0.25, -0.2) is 0 Å². The Hall–Kier alpha value is -6.52. The normalized spacial score (nSPS) is 18.9. The van der Waals surface area contributed by atoms with Crippen LogP contribution in [0.2, 0.25) is 0 Å². The maximum absolute atomic E-state index is 9.90. The highest BCUT2D eigenvalue weighted by Crippen LogP contribution is 2.64. The largest absolute Gasteiger partial charge is 0.381 e. The number of hydrogen-bond acceptors (Lipinski definition) is 3. The summed E-state index contributed by atoms with van der Waals surface area (Å²) in [6.45, 7) is 7.08. The molecule has 0 N–H and O–H groups in total. The molecule has 0 aromatic heterocycles. The van der Waals surface area contributed by atoms with Gasteiger partial charge in [0, 0.05) is 51.5 Å². The van der Waals surface area contributed by atoms with Gasteiger partial charge in [-0.05, 0) is 151 Å². The van der Waals surface area contributed by atoms with Crippen LogP contribution in [0.25, 0.3) is 44.5 Å². The van der Waals surface area contributed by atoms with E-state index in [9.17, 15) is 2.74 Å². The molecule has 2 saturated heterocycles. The molecule has 0 unspecified atom stereocenters. The van der Waals surface area contributed by atoms with Gasteiger partial charge in [-0.15, -0.1) is 0 Å². The van der Waals surface area contributed by atoms with Crippen LogP contribution >= 0.6 is 0 Å². The van der Waals surface area contributed by atoms with Crippen LogP contribution in [0.1, 0.15) is 98.6 Å². The van der Waals surface area contributed by atoms with Crippen molar-refractivity contribution in [2.24, 2.45) is 0 Å². The van der Waals surface area contributed by atoms with E-state index in [0.717, 1.165) is 39.3 Å². The van der Waals surface area contributed by atoms with Gasteiger partial charge in [0.15, 0.2) is 0 Å². The van der Waals surface area contributed by atoms with Gasteiger partial charge in [-0.3, -0.25) is 0 Å². The van der Waals surface area contributed by atoms with Gasteiger partial charge in [0.1, 0.15) is 0 Å². The summed E-state index contributed by atoms with van der Waals surface area (Å²) in [5, 5.41) is 0. The minimum Gasteiger partial charge on any atom is -0.381 e. The van der Waals surface area contributed by atoms with Crippen molar-refractivity contribution in [2.75, 3.05) is 31.3 Å². The molecule has 8 aromatic rings. The molecule has 8 aromatic carbocycles. The van der Waals surface area contributed by atoms with E-state index in [2.05, 4.69) is 195 Å². The van der Waals surface area contributed by atoms with Gasteiger partial charge < -0.3 is 14.4 Å². The highest BCUT2D eigenvalue weighted by molar-refractivity contribution is 5.98. The summed E-state index contributed by atoms with van der Waals surface area (Å²) in [5.41, 5.74) is 21.9. The zero-order chi connectivity index (χ0) is 45.1. The first kappa shape index (κ1) is 36.8. The second-order valence-corrected chi connectivity index (χ2v) is 19.1. The molecule has 0 saturated carbocycles. The van der Waals surface area contributed by atoms with Crippen molar-refractivity contribution in [3.63, 3.8) is 0 Å². The molecule has 5 aliphatic rings. The van der Waals surface area contributed by atoms with Gasteiger partial charge >= 0.3 is 0 Å². The van der Waals surface area contributed by atoms with Crippen LogP contribution in [0.3, 0.4) is 0 Å². The Bertz CT molecular complexity index is 3210. The van der Waals surface area contributed by atoms with Crippen LogP contribution in [-0.2, 0) is 20.3 Å². The molecule has 3 aliphatic carbocycles. The van der Waals surface area contributed by atoms with E-state index in [-0.39, 0.29) is 5.41 Å². The van der Waals surface area contributed by atoms with Gasteiger partial charge in [0.2, 0.25) is 0 Å². The molecule has 2 fully saturated rings. The first-order valence-electron chi connectivity index (χ1n) is 24.6. The predicted molar refractivity (Wildman–Crippen MR) is 266 cm³/mol. The Labute approximate surface area is 386 Å². The number of hydrogen-bond donors (Lipinski definition) is 0. The SMILES string of the molecule is [2H]C1(c2ccc3c(c2)C2(c4ccccc4-c4ccc(N(c5ccc6c(c5)C(C)(C)c5ccccc5-6)c5ccccc5-c5ccccc5)cc42)c2cc(C4([2H])CCOCC4)ccc2-3)CCOCC1. The third-order valence-corrected chi connectivity index (χ3v) is 15.5. The maximum Gasteiger partial charge on any atom is 0.0726 e. The molecule has 1 spiro atoms. The lowest BCUT2D eigenvalue weighted by Gasteiger charge is -2.34. The number of benzene rings is 8. The quantitative estimate of drug-likeness (QED) is 0.166. The van der Waals surface area contributed by atoms with E-state index in [4.69, 9.17) is 9.47 Å². The van der Waals surface area contributed by atoms with Crippen LogP contribution in [0, 0.1) is 0 Å². The van der Waals surface area contributed by atoms with Crippen LogP contribution in [0.15, 0.2) is 176 Å². The molecule has 0 radical (unpaired) electrons. The smallest absolute Gasteiger partial charge is 0.0726 e. The molecule has 0 bridgehead atoms. The van der Waals surface area contributed by atoms with Crippen molar-refractivity contribution in [3.05, 3.63) is 220 Å². The summed E-state index contributed by atoms with van der Waals surface area (Å²) >= 11 is 0. The molecule has 65 heavy (non-hydrogen) atoms. The minimum atomic E-state index is -0.747. The molecule has 2 heterocycles. The zero-order valence-electron chi connectivity index (χ0n) is 39.2. The molecule has 0 atom stereocenters. The van der Waals surface area contributed by atoms with E-state index in [0.29, 0.717) is 52.1 Å². The van der Waals surface area contributed by atoms with E-state index in [1.165, 1.54) is 66.8 Å². The Balaban J connectivity index is 1.09. The third-order valence-electron chi connectivity index (χ3n) is 15.5. The highest BCUT2D eigenvalue weighted by atomic mass is 16.5. The van der Waals surface area contributed by atoms with Crippen LogP contribution in [0.5, 0.6) is 0 Å². The van der Waals surface area contributed by atoms with Gasteiger partial charge in [-0.2, -0.15) is 0 Å². The van der Waals surface area contributed by atoms with Crippen molar-refractivity contribution in [3.8, 4) is 44.5 Å². The number of ether oxygens (including phenoxy) is 2. The second kappa shape index (κ2) is 15.0. The van der Waals surface area contributed by atoms with Gasteiger partial charge in [-0.1, -0.05) is 159 Å². The van der Waals surface area contributed by atoms with E-state index >= 15 is 0 Å². The first-order valence-corrected chi connectivity index (χ1v) is 23.6. The van der Waals surface area contributed by atoms with Crippen molar-refractivity contribution in [2.45, 2.75) is 62.1 Å². The molecule has 3 heteroatoms. The fraction of sp³-hybridized carbons (Fsp3) is 0.226. The summed E-state index contributed by atoms with van der Waals surface area (Å²) in [6, 6.07) is 65.6. The van der Waals surface area contributed by atoms with Crippen LogP contribution in [-0.4, -0.2) is 26.4 Å². The molecular formula is C62H53NO2. The van der Waals surface area contributed by atoms with E-state index < -0.39 is 17.2 Å². The van der Waals surface area contributed by atoms with Crippen molar-refractivity contribution in [1.29, 1.82) is 0 Å². The van der Waals surface area contributed by atoms with Crippen LogP contribution < -0.4 is 4.90 Å². The zero-order valence-corrected chi connectivity index (χ0v) is 37.2. The summed E-state index contributed by atoms with van der Waals surface area (Å²) in [7, 11) is 0. The Morgan fingerprint density at radius 2 is 0.846 bits per heavy atom. The number of para-hydroxylation sites is 1. The topological polar surface area (TPSA) is 21.7 Å². The number of anilines is 3. The summed E-state index contributed by atoms with van der Waals surface area (Å²) < 4.78 is 31.5. The second-order valence-electron chi connectivity index (χ2n) is 19.1. The maximum atomic E-state index is 9.90. The monoisotopic (exact) mass is 845 g/mol. The summed E-state index contributed by atoms with van der Waals surface area (Å²) in [4.78, 5) is 2.49. The Kier molecular flexibility index (Phi) is 8.50. The van der Waals surface area contributed by atoms with Gasteiger partial charge in [0.05, 0.1) is 11.1 Å². The third kappa shape index (κ3) is 5.81. The Morgan fingerprint density at radius 3 is 1.45 bits per heavy atom. The molecule has 3 nitrogen and oxygen atoms in total. The average Bonchev–Trinajstić information content (AvgIpc) is 3.92. The van der Waals surface area contributed by atoms with Crippen LogP contribution in [0.4, 0.5) is 17.1 Å². The van der Waals surface area contributed by atoms with Crippen molar-refractivity contribution >= 4 is 17.1 Å². The number of nitrogens with zero attached hydrogens (tertiary/aromatic N) is 1. The molecular weight excluding hydrogens is 791 g/mol. The lowest BCUT2D eigenvalue weighted by atomic mass is 9.69. The fourth-order valence-corrected chi connectivity index (χ4v) is 12.4. The lowest BCUT2D eigenvalue weighted by Crippen LogP contribution is -2.27. The van der Waals surface area contributed by atoms with E-state index in [1.54, 1.807) is 0 Å². The number of fused-ring (bicyclic) bond motifs is 13. The van der Waals surface area contributed by atoms with Crippen molar-refractivity contribution < 1.29 is 12.2 Å². The van der Waals surface area contributed by atoms with Gasteiger partial charge in [0.25, 0.3) is 0 Å². The molecule has 318 valence electrons. The average molecular weight is 846 g/mol. The standard InChI is InChI=1S/C62H53NO2/c1-61(2)54-17-9-6-15-48(54)50-26-22-45(38-56(50)61)63(60-19-11-8-14-47(60)42-12-4-3-5-13-42)46-23-27-53-49-16-7-10-18-55(49)62(59(53)39-46)57-36-43(40-28-32-64-33-29-40)20-24-51(57)52-25-21-44(37-58(52)62)41-30-34-65-35-31-41/h3-27,36-41H,28-35H2,1-2H3/i40D,41D. The first-order chi connectivity index (χ1) is 32.7. The highest BCUT2D eigenvalue weighted by Gasteiger charge is 2.52. The van der Waals surface area contributed by atoms with E-state index in [1.807, 2.05) is 0 Å².